The van der Waals surface area contributed by atoms with Crippen LogP contribution in [0.5, 0.6) is 0 Å². The number of benzene rings is 1. The van der Waals surface area contributed by atoms with Crippen LogP contribution in [0.2, 0.25) is 5.02 Å². The molecular formula is C14H18ClNO2. The Labute approximate surface area is 113 Å². The van der Waals surface area contributed by atoms with Gasteiger partial charge in [0.2, 0.25) is 0 Å². The summed E-state index contributed by atoms with van der Waals surface area (Å²) in [6.45, 7) is 5.02. The molecule has 1 aromatic carbocycles. The summed E-state index contributed by atoms with van der Waals surface area (Å²) in [5.41, 5.74) is 0.720. The molecule has 1 aromatic rings. The number of hydrogen-bond acceptors (Lipinski definition) is 3. The highest BCUT2D eigenvalue weighted by Gasteiger charge is 2.18. The van der Waals surface area contributed by atoms with Crippen LogP contribution in [-0.4, -0.2) is 43.0 Å². The summed E-state index contributed by atoms with van der Waals surface area (Å²) < 4.78 is 5.57. The molecule has 0 radical (unpaired) electrons. The summed E-state index contributed by atoms with van der Waals surface area (Å²) in [5, 5.41) is 0.656. The highest BCUT2D eigenvalue weighted by atomic mass is 35.5. The Morgan fingerprint density at radius 3 is 2.89 bits per heavy atom. The number of hydrogen-bond donors (Lipinski definition) is 0. The summed E-state index contributed by atoms with van der Waals surface area (Å²) in [7, 11) is 0. The quantitative estimate of drug-likeness (QED) is 0.789. The zero-order chi connectivity index (χ0) is 13.0. The van der Waals surface area contributed by atoms with E-state index >= 15 is 0 Å². The second-order valence-electron chi connectivity index (χ2n) is 4.70. The molecule has 2 rings (SSSR count). The van der Waals surface area contributed by atoms with Gasteiger partial charge in [-0.05, 0) is 37.6 Å². The van der Waals surface area contributed by atoms with Gasteiger partial charge in [0, 0.05) is 30.3 Å². The number of carbonyl (C=O) groups excluding carboxylic acids is 1. The van der Waals surface area contributed by atoms with Crippen molar-refractivity contribution in [2.24, 2.45) is 0 Å². The SMILES string of the molecule is CC1CN(CC(=O)c2ccc(Cl)cc2)CCCO1. The number of Topliss-reactive ketones (excluding diaryl/α,β-unsaturated/α-hetero) is 1. The van der Waals surface area contributed by atoms with E-state index in [4.69, 9.17) is 16.3 Å². The van der Waals surface area contributed by atoms with Crippen LogP contribution < -0.4 is 0 Å². The maximum Gasteiger partial charge on any atom is 0.176 e. The molecule has 1 aliphatic heterocycles. The van der Waals surface area contributed by atoms with E-state index in [0.29, 0.717) is 11.6 Å². The third-order valence-corrected chi connectivity index (χ3v) is 3.32. The van der Waals surface area contributed by atoms with Crippen LogP contribution in [0, 0.1) is 0 Å². The van der Waals surface area contributed by atoms with Gasteiger partial charge < -0.3 is 4.74 Å². The van der Waals surface area contributed by atoms with Crippen molar-refractivity contribution in [3.8, 4) is 0 Å². The summed E-state index contributed by atoms with van der Waals surface area (Å²) in [5.74, 6) is 0.140. The minimum atomic E-state index is 0.140. The van der Waals surface area contributed by atoms with Crippen molar-refractivity contribution in [3.63, 3.8) is 0 Å². The van der Waals surface area contributed by atoms with E-state index < -0.39 is 0 Å². The molecule has 0 aliphatic carbocycles. The Kier molecular flexibility index (Phi) is 4.75. The van der Waals surface area contributed by atoms with Crippen molar-refractivity contribution in [1.29, 1.82) is 0 Å². The van der Waals surface area contributed by atoms with Crippen molar-refractivity contribution in [2.45, 2.75) is 19.4 Å². The standard InChI is InChI=1S/C14H18ClNO2/c1-11-9-16(7-2-8-18-11)10-14(17)12-3-5-13(15)6-4-12/h3-6,11H,2,7-10H2,1H3. The predicted molar refractivity (Wildman–Crippen MR) is 72.3 cm³/mol. The molecule has 1 aliphatic rings. The van der Waals surface area contributed by atoms with Crippen LogP contribution in [-0.2, 0) is 4.74 Å². The molecule has 1 unspecified atom stereocenters. The van der Waals surface area contributed by atoms with E-state index in [1.165, 1.54) is 0 Å². The average Bonchev–Trinajstić information content (AvgIpc) is 2.54. The molecule has 1 saturated heterocycles. The lowest BCUT2D eigenvalue weighted by Crippen LogP contribution is -2.34. The van der Waals surface area contributed by atoms with Crippen LogP contribution in [0.3, 0.4) is 0 Å². The van der Waals surface area contributed by atoms with E-state index in [-0.39, 0.29) is 11.9 Å². The Bertz CT molecular complexity index is 405. The van der Waals surface area contributed by atoms with Crippen molar-refractivity contribution in [1.82, 2.24) is 4.90 Å². The number of carbonyl (C=O) groups is 1. The minimum Gasteiger partial charge on any atom is -0.377 e. The Balaban J connectivity index is 1.95. The summed E-state index contributed by atoms with van der Waals surface area (Å²) in [6.07, 6.45) is 1.18. The van der Waals surface area contributed by atoms with Crippen LogP contribution >= 0.6 is 11.6 Å². The number of ether oxygens (including phenoxy) is 1. The highest BCUT2D eigenvalue weighted by molar-refractivity contribution is 6.30. The van der Waals surface area contributed by atoms with Crippen molar-refractivity contribution in [3.05, 3.63) is 34.9 Å². The lowest BCUT2D eigenvalue weighted by molar-refractivity contribution is 0.0657. The first-order chi connectivity index (χ1) is 8.65. The highest BCUT2D eigenvalue weighted by Crippen LogP contribution is 2.12. The van der Waals surface area contributed by atoms with Crippen molar-refractivity contribution < 1.29 is 9.53 Å². The monoisotopic (exact) mass is 267 g/mol. The van der Waals surface area contributed by atoms with Gasteiger partial charge in [0.15, 0.2) is 5.78 Å². The molecule has 0 aromatic heterocycles. The molecule has 98 valence electrons. The van der Waals surface area contributed by atoms with E-state index in [0.717, 1.165) is 31.7 Å². The molecule has 1 atom stereocenters. The lowest BCUT2D eigenvalue weighted by atomic mass is 10.1. The number of rotatable bonds is 3. The maximum atomic E-state index is 12.1. The smallest absolute Gasteiger partial charge is 0.176 e. The van der Waals surface area contributed by atoms with E-state index in [9.17, 15) is 4.79 Å². The van der Waals surface area contributed by atoms with Crippen LogP contribution in [0.4, 0.5) is 0 Å². The first-order valence-electron chi connectivity index (χ1n) is 6.28. The molecule has 0 bridgehead atoms. The topological polar surface area (TPSA) is 29.5 Å². The lowest BCUT2D eigenvalue weighted by Gasteiger charge is -2.20. The molecule has 0 N–H and O–H groups in total. The molecule has 1 fully saturated rings. The van der Waals surface area contributed by atoms with Crippen molar-refractivity contribution >= 4 is 17.4 Å². The third-order valence-electron chi connectivity index (χ3n) is 3.07. The van der Waals surface area contributed by atoms with Crippen LogP contribution in [0.1, 0.15) is 23.7 Å². The average molecular weight is 268 g/mol. The van der Waals surface area contributed by atoms with Crippen LogP contribution in [0.15, 0.2) is 24.3 Å². The normalized spacial score (nSPS) is 21.6. The van der Waals surface area contributed by atoms with E-state index in [1.54, 1.807) is 24.3 Å². The van der Waals surface area contributed by atoms with Gasteiger partial charge in [-0.3, -0.25) is 9.69 Å². The molecule has 1 heterocycles. The number of nitrogens with zero attached hydrogens (tertiary/aromatic N) is 1. The van der Waals surface area contributed by atoms with Gasteiger partial charge in [-0.1, -0.05) is 11.6 Å². The largest absolute Gasteiger partial charge is 0.377 e. The minimum absolute atomic E-state index is 0.140. The van der Waals surface area contributed by atoms with E-state index in [2.05, 4.69) is 4.90 Å². The first kappa shape index (κ1) is 13.5. The Morgan fingerprint density at radius 1 is 1.44 bits per heavy atom. The van der Waals surface area contributed by atoms with Gasteiger partial charge in [-0.15, -0.1) is 0 Å². The predicted octanol–water partition coefficient (Wildman–Crippen LogP) is 2.63. The molecule has 0 saturated carbocycles. The number of ketones is 1. The molecular weight excluding hydrogens is 250 g/mol. The molecule has 4 heteroatoms. The molecule has 0 spiro atoms. The molecule has 0 amide bonds. The van der Waals surface area contributed by atoms with Gasteiger partial charge in [-0.2, -0.15) is 0 Å². The Morgan fingerprint density at radius 2 is 2.17 bits per heavy atom. The second kappa shape index (κ2) is 6.32. The van der Waals surface area contributed by atoms with Gasteiger partial charge in [0.1, 0.15) is 0 Å². The molecule has 3 nitrogen and oxygen atoms in total. The summed E-state index contributed by atoms with van der Waals surface area (Å²) in [4.78, 5) is 14.3. The van der Waals surface area contributed by atoms with Gasteiger partial charge in [0.25, 0.3) is 0 Å². The zero-order valence-electron chi connectivity index (χ0n) is 10.6. The maximum absolute atomic E-state index is 12.1. The van der Waals surface area contributed by atoms with Gasteiger partial charge >= 0.3 is 0 Å². The van der Waals surface area contributed by atoms with Crippen molar-refractivity contribution in [2.75, 3.05) is 26.2 Å². The van der Waals surface area contributed by atoms with E-state index in [1.807, 2.05) is 6.92 Å². The summed E-state index contributed by atoms with van der Waals surface area (Å²) in [6, 6.07) is 7.07. The fourth-order valence-electron chi connectivity index (χ4n) is 2.15. The number of halogens is 1. The fourth-order valence-corrected chi connectivity index (χ4v) is 2.28. The summed E-state index contributed by atoms with van der Waals surface area (Å²) >= 11 is 5.81. The first-order valence-corrected chi connectivity index (χ1v) is 6.65. The van der Waals surface area contributed by atoms with Crippen LogP contribution in [0.25, 0.3) is 0 Å². The molecule has 18 heavy (non-hydrogen) atoms. The van der Waals surface area contributed by atoms with Gasteiger partial charge in [-0.25, -0.2) is 0 Å². The van der Waals surface area contributed by atoms with Gasteiger partial charge in [0.05, 0.1) is 12.6 Å². The Hall–Kier alpha value is -0.900. The third kappa shape index (κ3) is 3.80. The zero-order valence-corrected chi connectivity index (χ0v) is 11.3. The second-order valence-corrected chi connectivity index (χ2v) is 5.14. The fraction of sp³-hybridized carbons (Fsp3) is 0.500.